The smallest absolute Gasteiger partial charge is 0.296 e. The molecule has 0 bridgehead atoms. The molecular formula is C9H7BrF2O. The van der Waals surface area contributed by atoms with Crippen molar-refractivity contribution in [3.8, 4) is 0 Å². The Morgan fingerprint density at radius 3 is 2.85 bits per heavy atom. The zero-order valence-electron chi connectivity index (χ0n) is 6.69. The van der Waals surface area contributed by atoms with Gasteiger partial charge in [0.25, 0.3) is 5.92 Å². The summed E-state index contributed by atoms with van der Waals surface area (Å²) in [6, 6.07) is 4.80. The van der Waals surface area contributed by atoms with Gasteiger partial charge >= 0.3 is 0 Å². The van der Waals surface area contributed by atoms with E-state index in [2.05, 4.69) is 15.9 Å². The van der Waals surface area contributed by atoms with Gasteiger partial charge in [-0.05, 0) is 6.07 Å². The van der Waals surface area contributed by atoms with Gasteiger partial charge in [-0.15, -0.1) is 0 Å². The molecule has 1 aromatic rings. The van der Waals surface area contributed by atoms with Gasteiger partial charge in [0.2, 0.25) is 0 Å². The number of hydrogen-bond donors (Lipinski definition) is 0. The van der Waals surface area contributed by atoms with E-state index in [0.29, 0.717) is 10.0 Å². The molecule has 0 atom stereocenters. The summed E-state index contributed by atoms with van der Waals surface area (Å²) in [5.41, 5.74) is 0.631. The molecule has 0 spiro atoms. The molecule has 70 valence electrons. The first-order chi connectivity index (χ1) is 6.11. The number of alkyl halides is 2. The predicted molar refractivity (Wildman–Crippen MR) is 47.7 cm³/mol. The van der Waals surface area contributed by atoms with E-state index in [-0.39, 0.29) is 12.2 Å². The van der Waals surface area contributed by atoms with Crippen LogP contribution in [0.1, 0.15) is 11.1 Å². The minimum absolute atomic E-state index is 0.0770. The molecule has 1 aromatic carbocycles. The monoisotopic (exact) mass is 248 g/mol. The van der Waals surface area contributed by atoms with Crippen LogP contribution in [0.4, 0.5) is 8.78 Å². The molecule has 0 amide bonds. The standard InChI is InChI=1S/C9H7BrF2O/c10-8-3-1-2-7-6(8)4-13-5-9(7,11)12/h1-3H,4-5H2. The second-order valence-corrected chi connectivity index (χ2v) is 3.82. The van der Waals surface area contributed by atoms with Crippen molar-refractivity contribution in [2.24, 2.45) is 0 Å². The van der Waals surface area contributed by atoms with Gasteiger partial charge in [-0.1, -0.05) is 28.1 Å². The molecule has 0 radical (unpaired) electrons. The van der Waals surface area contributed by atoms with Crippen LogP contribution in [0.3, 0.4) is 0 Å². The normalized spacial score (nSPS) is 19.6. The van der Waals surface area contributed by atoms with Crippen molar-refractivity contribution in [3.63, 3.8) is 0 Å². The van der Waals surface area contributed by atoms with Crippen molar-refractivity contribution in [1.82, 2.24) is 0 Å². The Balaban J connectivity index is 2.58. The van der Waals surface area contributed by atoms with E-state index in [1.165, 1.54) is 6.07 Å². The predicted octanol–water partition coefficient (Wildman–Crippen LogP) is 3.07. The summed E-state index contributed by atoms with van der Waals surface area (Å²) in [7, 11) is 0. The highest BCUT2D eigenvalue weighted by Gasteiger charge is 2.38. The Morgan fingerprint density at radius 2 is 2.15 bits per heavy atom. The molecular weight excluding hydrogens is 242 g/mol. The Kier molecular flexibility index (Phi) is 2.12. The van der Waals surface area contributed by atoms with Gasteiger partial charge in [0.15, 0.2) is 0 Å². The number of benzene rings is 1. The number of halogens is 3. The van der Waals surface area contributed by atoms with E-state index < -0.39 is 12.5 Å². The molecule has 1 heterocycles. The third-order valence-corrected chi connectivity index (χ3v) is 2.79. The highest BCUT2D eigenvalue weighted by molar-refractivity contribution is 9.10. The van der Waals surface area contributed by atoms with Crippen LogP contribution < -0.4 is 0 Å². The fourth-order valence-electron chi connectivity index (χ4n) is 1.41. The van der Waals surface area contributed by atoms with Crippen LogP contribution >= 0.6 is 15.9 Å². The zero-order valence-corrected chi connectivity index (χ0v) is 8.27. The summed E-state index contributed by atoms with van der Waals surface area (Å²) in [5, 5.41) is 0. The SMILES string of the molecule is FC1(F)COCc2c(Br)cccc21. The number of rotatable bonds is 0. The zero-order chi connectivity index (χ0) is 9.47. The van der Waals surface area contributed by atoms with Gasteiger partial charge in [0, 0.05) is 15.6 Å². The first-order valence-corrected chi connectivity index (χ1v) is 4.64. The fraction of sp³-hybridized carbons (Fsp3) is 0.333. The van der Waals surface area contributed by atoms with Crippen molar-refractivity contribution in [2.75, 3.05) is 6.61 Å². The minimum Gasteiger partial charge on any atom is -0.370 e. The number of hydrogen-bond acceptors (Lipinski definition) is 1. The van der Waals surface area contributed by atoms with Crippen LogP contribution in [0.2, 0.25) is 0 Å². The molecule has 4 heteroatoms. The van der Waals surface area contributed by atoms with Crippen molar-refractivity contribution in [2.45, 2.75) is 12.5 Å². The third-order valence-electron chi connectivity index (χ3n) is 2.04. The van der Waals surface area contributed by atoms with E-state index >= 15 is 0 Å². The average Bonchev–Trinajstić information content (AvgIpc) is 2.06. The van der Waals surface area contributed by atoms with Crippen LogP contribution in [0.15, 0.2) is 22.7 Å². The van der Waals surface area contributed by atoms with Crippen LogP contribution in [0.5, 0.6) is 0 Å². The maximum absolute atomic E-state index is 13.2. The Hall–Kier alpha value is -0.480. The Morgan fingerprint density at radius 1 is 1.38 bits per heavy atom. The molecule has 1 aliphatic rings. The van der Waals surface area contributed by atoms with Crippen LogP contribution in [0.25, 0.3) is 0 Å². The summed E-state index contributed by atoms with van der Waals surface area (Å²) in [5.74, 6) is -2.85. The molecule has 0 saturated heterocycles. The second-order valence-electron chi connectivity index (χ2n) is 2.96. The number of fused-ring (bicyclic) bond motifs is 1. The molecule has 0 N–H and O–H groups in total. The summed E-state index contributed by atoms with van der Waals surface area (Å²) >= 11 is 3.22. The quantitative estimate of drug-likeness (QED) is 0.686. The van der Waals surface area contributed by atoms with Crippen LogP contribution in [-0.2, 0) is 17.3 Å². The maximum Gasteiger partial charge on any atom is 0.296 e. The summed E-state index contributed by atoms with van der Waals surface area (Å²) in [6.07, 6.45) is 0. The molecule has 13 heavy (non-hydrogen) atoms. The van der Waals surface area contributed by atoms with Crippen molar-refractivity contribution < 1.29 is 13.5 Å². The first-order valence-electron chi connectivity index (χ1n) is 3.85. The third kappa shape index (κ3) is 1.48. The molecule has 1 aliphatic heterocycles. The van der Waals surface area contributed by atoms with E-state index in [1.807, 2.05) is 0 Å². The van der Waals surface area contributed by atoms with Gasteiger partial charge in [-0.25, -0.2) is 0 Å². The van der Waals surface area contributed by atoms with Crippen molar-refractivity contribution in [1.29, 1.82) is 0 Å². The van der Waals surface area contributed by atoms with Gasteiger partial charge in [-0.2, -0.15) is 8.78 Å². The molecule has 0 fully saturated rings. The van der Waals surface area contributed by atoms with E-state index in [0.717, 1.165) is 0 Å². The number of ether oxygens (including phenoxy) is 1. The molecule has 0 unspecified atom stereocenters. The molecule has 1 nitrogen and oxygen atoms in total. The topological polar surface area (TPSA) is 9.23 Å². The Labute approximate surface area is 82.8 Å². The highest BCUT2D eigenvalue weighted by Crippen LogP contribution is 2.37. The lowest BCUT2D eigenvalue weighted by atomic mass is 10.0. The molecule has 0 aliphatic carbocycles. The van der Waals surface area contributed by atoms with Crippen molar-refractivity contribution in [3.05, 3.63) is 33.8 Å². The van der Waals surface area contributed by atoms with Gasteiger partial charge in [-0.3, -0.25) is 0 Å². The Bertz CT molecular complexity index is 338. The maximum atomic E-state index is 13.2. The lowest BCUT2D eigenvalue weighted by Crippen LogP contribution is -2.27. The minimum atomic E-state index is -2.85. The lowest BCUT2D eigenvalue weighted by molar-refractivity contribution is -0.103. The highest BCUT2D eigenvalue weighted by atomic mass is 79.9. The largest absolute Gasteiger partial charge is 0.370 e. The fourth-order valence-corrected chi connectivity index (χ4v) is 1.89. The first kappa shape index (κ1) is 9.09. The summed E-state index contributed by atoms with van der Waals surface area (Å²) in [4.78, 5) is 0. The van der Waals surface area contributed by atoms with Gasteiger partial charge in [0.1, 0.15) is 6.61 Å². The van der Waals surface area contributed by atoms with E-state index in [1.54, 1.807) is 12.1 Å². The lowest BCUT2D eigenvalue weighted by Gasteiger charge is -2.25. The van der Waals surface area contributed by atoms with E-state index in [4.69, 9.17) is 4.74 Å². The van der Waals surface area contributed by atoms with Gasteiger partial charge < -0.3 is 4.74 Å². The van der Waals surface area contributed by atoms with E-state index in [9.17, 15) is 8.78 Å². The second kappa shape index (κ2) is 3.03. The molecule has 2 rings (SSSR count). The average molecular weight is 249 g/mol. The van der Waals surface area contributed by atoms with Crippen molar-refractivity contribution >= 4 is 15.9 Å². The van der Waals surface area contributed by atoms with Crippen LogP contribution in [0, 0.1) is 0 Å². The molecule has 0 saturated carbocycles. The van der Waals surface area contributed by atoms with Crippen LogP contribution in [-0.4, -0.2) is 6.61 Å². The summed E-state index contributed by atoms with van der Waals surface area (Å²) in [6.45, 7) is -0.261. The van der Waals surface area contributed by atoms with Gasteiger partial charge in [0.05, 0.1) is 6.61 Å². The summed E-state index contributed by atoms with van der Waals surface area (Å²) < 4.78 is 32.0. The molecule has 0 aromatic heterocycles.